The van der Waals surface area contributed by atoms with Crippen molar-refractivity contribution in [2.45, 2.75) is 0 Å². The average Bonchev–Trinajstić information content (AvgIpc) is 3.19. The Bertz CT molecular complexity index is 3140. The molecule has 0 saturated heterocycles. The summed E-state index contributed by atoms with van der Waals surface area (Å²) in [6.45, 7) is 0. The first kappa shape index (κ1) is 27.5. The van der Waals surface area contributed by atoms with Gasteiger partial charge in [-0.3, -0.25) is 0 Å². The van der Waals surface area contributed by atoms with Crippen molar-refractivity contribution in [1.82, 2.24) is 0 Å². The maximum Gasteiger partial charge on any atom is -0.00199 e. The number of fused-ring (bicyclic) bond motifs is 13. The molecule has 0 aliphatic carbocycles. The second-order valence-electron chi connectivity index (χ2n) is 13.5. The van der Waals surface area contributed by atoms with E-state index in [1.807, 2.05) is 0 Å². The zero-order chi connectivity index (χ0) is 32.8. The fourth-order valence-electron chi connectivity index (χ4n) is 8.94. The van der Waals surface area contributed by atoms with Crippen molar-refractivity contribution in [2.75, 3.05) is 0 Å². The Kier molecular flexibility index (Phi) is 5.76. The van der Waals surface area contributed by atoms with Crippen LogP contribution < -0.4 is 0 Å². The van der Waals surface area contributed by atoms with E-state index in [9.17, 15) is 0 Å². The minimum atomic E-state index is 1.26. The Balaban J connectivity index is 1.35. The van der Waals surface area contributed by atoms with Gasteiger partial charge in [-0.2, -0.15) is 0 Å². The largest absolute Gasteiger partial charge is 0.0616 e. The van der Waals surface area contributed by atoms with Gasteiger partial charge >= 0.3 is 0 Å². The second-order valence-corrected chi connectivity index (χ2v) is 13.5. The van der Waals surface area contributed by atoms with Crippen LogP contribution in [0.15, 0.2) is 182 Å². The average molecular weight is 631 g/mol. The maximum atomic E-state index is 2.49. The molecule has 0 atom stereocenters. The number of benzene rings is 11. The van der Waals surface area contributed by atoms with Crippen LogP contribution in [-0.4, -0.2) is 0 Å². The molecule has 0 saturated carbocycles. The van der Waals surface area contributed by atoms with Crippen molar-refractivity contribution in [3.05, 3.63) is 182 Å². The summed E-state index contributed by atoms with van der Waals surface area (Å²) in [4.78, 5) is 0. The van der Waals surface area contributed by atoms with E-state index in [4.69, 9.17) is 0 Å². The molecule has 0 aliphatic heterocycles. The molecule has 11 aromatic carbocycles. The van der Waals surface area contributed by atoms with E-state index in [1.54, 1.807) is 0 Å². The smallest absolute Gasteiger partial charge is 0.00199 e. The van der Waals surface area contributed by atoms with Gasteiger partial charge in [0.2, 0.25) is 0 Å². The molecule has 0 heteroatoms. The summed E-state index contributed by atoms with van der Waals surface area (Å²) in [6, 6.07) is 67.6. The van der Waals surface area contributed by atoms with Gasteiger partial charge in [0.05, 0.1) is 0 Å². The van der Waals surface area contributed by atoms with Crippen molar-refractivity contribution >= 4 is 86.2 Å². The molecule has 0 heterocycles. The minimum absolute atomic E-state index is 1.26. The summed E-state index contributed by atoms with van der Waals surface area (Å²) in [5.41, 5.74) is 5.14. The molecule has 0 unspecified atom stereocenters. The van der Waals surface area contributed by atoms with Gasteiger partial charge in [-0.25, -0.2) is 0 Å². The van der Waals surface area contributed by atoms with E-state index in [0.717, 1.165) is 0 Å². The zero-order valence-electron chi connectivity index (χ0n) is 27.3. The van der Waals surface area contributed by atoms with Crippen LogP contribution in [0.3, 0.4) is 0 Å². The molecule has 0 nitrogen and oxygen atoms in total. The van der Waals surface area contributed by atoms with E-state index in [1.165, 1.54) is 108 Å². The highest BCUT2D eigenvalue weighted by molar-refractivity contribution is 6.35. The lowest BCUT2D eigenvalue weighted by Gasteiger charge is -2.21. The van der Waals surface area contributed by atoms with E-state index in [0.29, 0.717) is 0 Å². The number of hydrogen-bond acceptors (Lipinski definition) is 0. The fourth-order valence-corrected chi connectivity index (χ4v) is 8.94. The first-order valence-electron chi connectivity index (χ1n) is 17.4. The Hall–Kier alpha value is -6.50. The molecule has 0 aromatic heterocycles. The van der Waals surface area contributed by atoms with Crippen LogP contribution in [0.2, 0.25) is 0 Å². The third kappa shape index (κ3) is 3.76. The van der Waals surface area contributed by atoms with Crippen LogP contribution in [-0.2, 0) is 0 Å². The Morgan fingerprint density at radius 3 is 1.02 bits per heavy atom. The summed E-state index contributed by atoms with van der Waals surface area (Å²) in [5.74, 6) is 0. The van der Waals surface area contributed by atoms with Crippen LogP contribution >= 0.6 is 0 Å². The van der Waals surface area contributed by atoms with E-state index in [2.05, 4.69) is 182 Å². The van der Waals surface area contributed by atoms with Crippen LogP contribution in [0.4, 0.5) is 0 Å². The van der Waals surface area contributed by atoms with Gasteiger partial charge in [0.25, 0.3) is 0 Å². The summed E-state index contributed by atoms with van der Waals surface area (Å²) in [5, 5.41) is 20.6. The third-order valence-electron chi connectivity index (χ3n) is 11.0. The fraction of sp³-hybridized carbons (Fsp3) is 0. The van der Waals surface area contributed by atoms with E-state index < -0.39 is 0 Å². The lowest BCUT2D eigenvalue weighted by molar-refractivity contribution is 1.70. The highest BCUT2D eigenvalue weighted by atomic mass is 14.2. The molecule has 0 fully saturated rings. The zero-order valence-corrected chi connectivity index (χ0v) is 27.3. The predicted octanol–water partition coefficient (Wildman–Crippen LogP) is 14.2. The molecule has 0 N–H and O–H groups in total. The van der Waals surface area contributed by atoms with Gasteiger partial charge in [-0.05, 0) is 121 Å². The van der Waals surface area contributed by atoms with Crippen molar-refractivity contribution in [2.24, 2.45) is 0 Å². The Labute approximate surface area is 289 Å². The topological polar surface area (TPSA) is 0 Å². The summed E-state index contributed by atoms with van der Waals surface area (Å²) in [7, 11) is 0. The molecule has 11 aromatic rings. The van der Waals surface area contributed by atoms with Crippen LogP contribution in [0.1, 0.15) is 0 Å². The molecule has 230 valence electrons. The van der Waals surface area contributed by atoms with E-state index in [-0.39, 0.29) is 0 Å². The van der Waals surface area contributed by atoms with Crippen LogP contribution in [0.5, 0.6) is 0 Å². The first-order valence-corrected chi connectivity index (χ1v) is 17.4. The van der Waals surface area contributed by atoms with Crippen LogP contribution in [0, 0.1) is 0 Å². The van der Waals surface area contributed by atoms with E-state index >= 15 is 0 Å². The molecule has 0 amide bonds. The molecule has 0 radical (unpaired) electrons. The van der Waals surface area contributed by atoms with Crippen molar-refractivity contribution in [3.8, 4) is 22.3 Å². The van der Waals surface area contributed by atoms with Gasteiger partial charge in [0, 0.05) is 0 Å². The predicted molar refractivity (Wildman–Crippen MR) is 217 cm³/mol. The van der Waals surface area contributed by atoms with Gasteiger partial charge in [0.1, 0.15) is 0 Å². The normalized spacial score (nSPS) is 12.0. The molecule has 0 spiro atoms. The number of rotatable bonds is 2. The van der Waals surface area contributed by atoms with Crippen LogP contribution in [0.25, 0.3) is 108 Å². The molecule has 0 bridgehead atoms. The standard InChI is InChI=1S/C50H30/c1-2-16-32-31(15-1)29-45(36-20-5-3-17-33(32)36)49-41-25-11-13-27-43(41)50(44-28-14-12-26-42(44)49)47-30-46-37-21-6-4-18-34(37)35-19-7-9-23-39(35)48(46)40-24-10-8-22-38(40)47/h1-30H. The number of hydrogen-bond donors (Lipinski definition) is 0. The highest BCUT2D eigenvalue weighted by Crippen LogP contribution is 2.49. The molecule has 50 heavy (non-hydrogen) atoms. The van der Waals surface area contributed by atoms with Gasteiger partial charge < -0.3 is 0 Å². The lowest BCUT2D eigenvalue weighted by atomic mass is 9.81. The van der Waals surface area contributed by atoms with Crippen molar-refractivity contribution in [1.29, 1.82) is 0 Å². The van der Waals surface area contributed by atoms with Gasteiger partial charge in [-0.1, -0.05) is 170 Å². The SMILES string of the molecule is c1ccc2c(c1)cc(-c1c3ccccc3c(-c3cc4c5ccccc5c5ccccc5c4c4ccccc34)c3ccccc13)c1ccccc12. The first-order chi connectivity index (χ1) is 24.8. The highest BCUT2D eigenvalue weighted by Gasteiger charge is 2.21. The molecular formula is C50H30. The molecule has 11 rings (SSSR count). The van der Waals surface area contributed by atoms with Gasteiger partial charge in [-0.15, -0.1) is 0 Å². The Morgan fingerprint density at radius 2 is 0.500 bits per heavy atom. The minimum Gasteiger partial charge on any atom is -0.0616 e. The molecular weight excluding hydrogens is 601 g/mol. The van der Waals surface area contributed by atoms with Crippen molar-refractivity contribution < 1.29 is 0 Å². The third-order valence-corrected chi connectivity index (χ3v) is 11.0. The van der Waals surface area contributed by atoms with Gasteiger partial charge in [0.15, 0.2) is 0 Å². The lowest BCUT2D eigenvalue weighted by Crippen LogP contribution is -1.94. The van der Waals surface area contributed by atoms with Crippen molar-refractivity contribution in [3.63, 3.8) is 0 Å². The summed E-state index contributed by atoms with van der Waals surface area (Å²) >= 11 is 0. The summed E-state index contributed by atoms with van der Waals surface area (Å²) in [6.07, 6.45) is 0. The summed E-state index contributed by atoms with van der Waals surface area (Å²) < 4.78 is 0. The molecule has 0 aliphatic rings. The monoisotopic (exact) mass is 630 g/mol. The quantitative estimate of drug-likeness (QED) is 0.132. The second kappa shape index (κ2) is 10.5. The maximum absolute atomic E-state index is 2.49. The Morgan fingerprint density at radius 1 is 0.200 bits per heavy atom.